The highest BCUT2D eigenvalue weighted by molar-refractivity contribution is 9.10. The number of halogens is 1. The molecule has 1 atom stereocenters. The first-order valence-corrected chi connectivity index (χ1v) is 6.46. The maximum atomic E-state index is 10.0. The summed E-state index contributed by atoms with van der Waals surface area (Å²) >= 11 is 3.38. The van der Waals surface area contributed by atoms with Crippen LogP contribution >= 0.6 is 15.9 Å². The Balaban J connectivity index is 2.63. The predicted octanol–water partition coefficient (Wildman–Crippen LogP) is 1.75. The molecule has 0 radical (unpaired) electrons. The summed E-state index contributed by atoms with van der Waals surface area (Å²) in [7, 11) is 1.64. The summed E-state index contributed by atoms with van der Waals surface area (Å²) in [6, 6.07) is 0. The summed E-state index contributed by atoms with van der Waals surface area (Å²) in [5.41, 5.74) is 0.734. The second-order valence-corrected chi connectivity index (χ2v) is 4.54. The second-order valence-electron chi connectivity index (χ2n) is 3.68. The summed E-state index contributed by atoms with van der Waals surface area (Å²) in [4.78, 5) is 0. The highest BCUT2D eigenvalue weighted by Crippen LogP contribution is 2.23. The van der Waals surface area contributed by atoms with Crippen LogP contribution in [0.15, 0.2) is 10.7 Å². The van der Waals surface area contributed by atoms with E-state index in [9.17, 15) is 5.11 Å². The average Bonchev–Trinajstić information content (AvgIpc) is 2.68. The Hall–Kier alpha value is -0.430. The van der Waals surface area contributed by atoms with Crippen molar-refractivity contribution in [2.45, 2.75) is 26.0 Å². The van der Waals surface area contributed by atoms with E-state index in [1.54, 1.807) is 18.0 Å². The summed E-state index contributed by atoms with van der Waals surface area (Å²) in [5.74, 6) is 0. The molecule has 6 heteroatoms. The van der Waals surface area contributed by atoms with Crippen LogP contribution in [-0.4, -0.2) is 41.8 Å². The molecule has 0 saturated carbocycles. The van der Waals surface area contributed by atoms with Crippen LogP contribution in [0.25, 0.3) is 0 Å². The van der Waals surface area contributed by atoms with Gasteiger partial charge in [-0.05, 0) is 22.4 Å². The van der Waals surface area contributed by atoms with Gasteiger partial charge < -0.3 is 14.6 Å². The van der Waals surface area contributed by atoms with E-state index in [-0.39, 0.29) is 6.61 Å². The van der Waals surface area contributed by atoms with Crippen LogP contribution < -0.4 is 0 Å². The maximum absolute atomic E-state index is 10.0. The fourth-order valence-electron chi connectivity index (χ4n) is 1.48. The number of methoxy groups -OCH3 is 1. The van der Waals surface area contributed by atoms with E-state index in [1.807, 2.05) is 6.92 Å². The maximum Gasteiger partial charge on any atom is 0.120 e. The standard InChI is InChI=1S/C11H19BrN2O3/c1-3-5-17-8-10(15)11-9(12)7-13-14(11)4-6-16-2/h7,10,15H,3-6,8H2,1-2H3. The minimum Gasteiger partial charge on any atom is -0.384 e. The minimum atomic E-state index is -0.671. The Kier molecular flexibility index (Phi) is 6.72. The number of nitrogens with zero attached hydrogens (tertiary/aromatic N) is 2. The molecular formula is C11H19BrN2O3. The van der Waals surface area contributed by atoms with Gasteiger partial charge in [0.15, 0.2) is 0 Å². The molecule has 0 aliphatic heterocycles. The highest BCUT2D eigenvalue weighted by atomic mass is 79.9. The smallest absolute Gasteiger partial charge is 0.120 e. The third kappa shape index (κ3) is 4.39. The molecule has 0 aromatic carbocycles. The molecule has 1 rings (SSSR count). The lowest BCUT2D eigenvalue weighted by Crippen LogP contribution is -2.16. The van der Waals surface area contributed by atoms with Gasteiger partial charge in [0.1, 0.15) is 6.10 Å². The quantitative estimate of drug-likeness (QED) is 0.744. The first-order valence-electron chi connectivity index (χ1n) is 5.66. The zero-order valence-electron chi connectivity index (χ0n) is 10.2. The zero-order valence-corrected chi connectivity index (χ0v) is 11.8. The molecule has 17 heavy (non-hydrogen) atoms. The summed E-state index contributed by atoms with van der Waals surface area (Å²) in [6.07, 6.45) is 1.94. The molecule has 0 aliphatic rings. The van der Waals surface area contributed by atoms with Gasteiger partial charge in [-0.2, -0.15) is 5.10 Å². The van der Waals surface area contributed by atoms with Gasteiger partial charge in [-0.1, -0.05) is 6.92 Å². The molecule has 1 heterocycles. The van der Waals surface area contributed by atoms with Gasteiger partial charge in [-0.25, -0.2) is 0 Å². The minimum absolute atomic E-state index is 0.283. The van der Waals surface area contributed by atoms with Crippen molar-refractivity contribution in [3.63, 3.8) is 0 Å². The lowest BCUT2D eigenvalue weighted by atomic mass is 10.2. The van der Waals surface area contributed by atoms with Crippen LogP contribution in [0.3, 0.4) is 0 Å². The third-order valence-electron chi connectivity index (χ3n) is 2.28. The lowest BCUT2D eigenvalue weighted by Gasteiger charge is -2.14. The van der Waals surface area contributed by atoms with Gasteiger partial charge >= 0.3 is 0 Å². The summed E-state index contributed by atoms with van der Waals surface area (Å²) in [6.45, 7) is 4.14. The molecule has 0 aliphatic carbocycles. The zero-order chi connectivity index (χ0) is 12.7. The van der Waals surface area contributed by atoms with E-state index in [0.29, 0.717) is 19.8 Å². The largest absolute Gasteiger partial charge is 0.384 e. The average molecular weight is 307 g/mol. The Morgan fingerprint density at radius 2 is 2.29 bits per heavy atom. The van der Waals surface area contributed by atoms with Gasteiger partial charge in [-0.3, -0.25) is 4.68 Å². The summed E-state index contributed by atoms with van der Waals surface area (Å²) < 4.78 is 12.9. The lowest BCUT2D eigenvalue weighted by molar-refractivity contribution is 0.0307. The first-order chi connectivity index (χ1) is 8.20. The van der Waals surface area contributed by atoms with Gasteiger partial charge in [-0.15, -0.1) is 0 Å². The van der Waals surface area contributed by atoms with E-state index < -0.39 is 6.10 Å². The Labute approximate surface area is 110 Å². The SMILES string of the molecule is CCCOCC(O)c1c(Br)cnn1CCOC. The fourth-order valence-corrected chi connectivity index (χ4v) is 2.04. The molecule has 5 nitrogen and oxygen atoms in total. The molecule has 1 aromatic heterocycles. The normalized spacial score (nSPS) is 12.9. The number of aliphatic hydroxyl groups excluding tert-OH is 1. The van der Waals surface area contributed by atoms with Crippen LogP contribution in [0.2, 0.25) is 0 Å². The molecule has 0 amide bonds. The number of aromatic nitrogens is 2. The molecule has 0 fully saturated rings. The number of ether oxygens (including phenoxy) is 2. The van der Waals surface area contributed by atoms with Crippen molar-refractivity contribution in [3.05, 3.63) is 16.4 Å². The molecule has 1 N–H and O–H groups in total. The first kappa shape index (κ1) is 14.6. The van der Waals surface area contributed by atoms with Gasteiger partial charge in [0, 0.05) is 13.7 Å². The third-order valence-corrected chi connectivity index (χ3v) is 2.89. The van der Waals surface area contributed by atoms with Crippen molar-refractivity contribution in [1.29, 1.82) is 0 Å². The van der Waals surface area contributed by atoms with E-state index in [2.05, 4.69) is 21.0 Å². The van der Waals surface area contributed by atoms with Crippen LogP contribution in [-0.2, 0) is 16.0 Å². The van der Waals surface area contributed by atoms with Crippen molar-refractivity contribution in [1.82, 2.24) is 9.78 Å². The van der Waals surface area contributed by atoms with Crippen molar-refractivity contribution in [3.8, 4) is 0 Å². The fraction of sp³-hybridized carbons (Fsp3) is 0.727. The van der Waals surface area contributed by atoms with Crippen LogP contribution in [0, 0.1) is 0 Å². The predicted molar refractivity (Wildman–Crippen MR) is 67.9 cm³/mol. The molecule has 98 valence electrons. The van der Waals surface area contributed by atoms with Crippen molar-refractivity contribution in [2.24, 2.45) is 0 Å². The van der Waals surface area contributed by atoms with Crippen molar-refractivity contribution in [2.75, 3.05) is 26.9 Å². The van der Waals surface area contributed by atoms with Gasteiger partial charge in [0.25, 0.3) is 0 Å². The van der Waals surface area contributed by atoms with Crippen LogP contribution in [0.1, 0.15) is 25.1 Å². The monoisotopic (exact) mass is 306 g/mol. The molecule has 1 unspecified atom stereocenters. The number of aliphatic hydroxyl groups is 1. The van der Waals surface area contributed by atoms with Gasteiger partial charge in [0.05, 0.1) is 36.1 Å². The molecule has 0 spiro atoms. The van der Waals surface area contributed by atoms with Crippen molar-refractivity contribution < 1.29 is 14.6 Å². The van der Waals surface area contributed by atoms with Gasteiger partial charge in [0.2, 0.25) is 0 Å². The van der Waals surface area contributed by atoms with E-state index in [1.165, 1.54) is 0 Å². The highest BCUT2D eigenvalue weighted by Gasteiger charge is 2.17. The topological polar surface area (TPSA) is 56.5 Å². The number of hydrogen-bond donors (Lipinski definition) is 1. The molecule has 1 aromatic rings. The Morgan fingerprint density at radius 3 is 2.94 bits per heavy atom. The van der Waals surface area contributed by atoms with Crippen molar-refractivity contribution >= 4 is 15.9 Å². The molecule has 0 saturated heterocycles. The Morgan fingerprint density at radius 1 is 1.53 bits per heavy atom. The molecule has 0 bridgehead atoms. The van der Waals surface area contributed by atoms with E-state index in [4.69, 9.17) is 9.47 Å². The Bertz CT molecular complexity index is 331. The van der Waals surface area contributed by atoms with E-state index in [0.717, 1.165) is 16.6 Å². The second kappa shape index (κ2) is 7.81. The number of rotatable bonds is 8. The number of hydrogen-bond acceptors (Lipinski definition) is 4. The van der Waals surface area contributed by atoms with Crippen LogP contribution in [0.4, 0.5) is 0 Å². The molecular weight excluding hydrogens is 288 g/mol. The summed E-state index contributed by atoms with van der Waals surface area (Å²) in [5, 5.41) is 14.2. The van der Waals surface area contributed by atoms with E-state index >= 15 is 0 Å². The van der Waals surface area contributed by atoms with Crippen LogP contribution in [0.5, 0.6) is 0 Å².